The number of hydrogen-bond donors (Lipinski definition) is 0. The number of oxazole rings is 1. The van der Waals surface area contributed by atoms with Crippen LogP contribution in [0.2, 0.25) is 0 Å². The molecule has 13 heavy (non-hydrogen) atoms. The summed E-state index contributed by atoms with van der Waals surface area (Å²) < 4.78 is 9.49. The molecule has 0 unspecified atom stereocenters. The highest BCUT2D eigenvalue weighted by Gasteiger charge is 2.12. The zero-order valence-corrected chi connectivity index (χ0v) is 6.90. The fraction of sp³-hybridized carbons (Fsp3) is 0.111. The van der Waals surface area contributed by atoms with Gasteiger partial charge in [0.2, 0.25) is 0 Å². The van der Waals surface area contributed by atoms with Crippen LogP contribution in [0.25, 0.3) is 11.1 Å². The third kappa shape index (κ3) is 1.16. The first kappa shape index (κ1) is 7.79. The highest BCUT2D eigenvalue weighted by molar-refractivity contribution is 6.01. The maximum Gasteiger partial charge on any atom is 0.340 e. The molecule has 0 saturated carbocycles. The van der Waals surface area contributed by atoms with Crippen LogP contribution < -0.4 is 0 Å². The molecule has 0 aliphatic heterocycles. The minimum absolute atomic E-state index is 0.394. The van der Waals surface area contributed by atoms with Crippen molar-refractivity contribution in [1.29, 1.82) is 0 Å². The van der Waals surface area contributed by atoms with E-state index in [-0.39, 0.29) is 0 Å². The van der Waals surface area contributed by atoms with Crippen molar-refractivity contribution in [2.45, 2.75) is 0 Å². The number of methoxy groups -OCH3 is 1. The van der Waals surface area contributed by atoms with Crippen LogP contribution >= 0.6 is 0 Å². The molecular formula is C9H6NO3. The number of ether oxygens (including phenoxy) is 1. The second-order valence-corrected chi connectivity index (χ2v) is 2.45. The van der Waals surface area contributed by atoms with Gasteiger partial charge in [-0.1, -0.05) is 6.07 Å². The minimum Gasteiger partial charge on any atom is -0.465 e. The van der Waals surface area contributed by atoms with E-state index in [2.05, 4.69) is 16.1 Å². The first-order valence-electron chi connectivity index (χ1n) is 3.67. The summed E-state index contributed by atoms with van der Waals surface area (Å²) in [7, 11) is 1.32. The topological polar surface area (TPSA) is 52.3 Å². The lowest BCUT2D eigenvalue weighted by molar-refractivity contribution is 0.0603. The molecule has 0 saturated heterocycles. The van der Waals surface area contributed by atoms with Crippen LogP contribution in [0.1, 0.15) is 10.4 Å². The Balaban J connectivity index is 2.67. The maximum absolute atomic E-state index is 11.2. The van der Waals surface area contributed by atoms with Gasteiger partial charge in [0.05, 0.1) is 12.7 Å². The SMILES string of the molecule is COC(=O)c1cccc2o[c]nc12. The molecule has 4 heteroatoms. The summed E-state index contributed by atoms with van der Waals surface area (Å²) in [5, 5.41) is 0. The van der Waals surface area contributed by atoms with E-state index in [1.54, 1.807) is 18.2 Å². The molecule has 0 amide bonds. The third-order valence-electron chi connectivity index (χ3n) is 1.72. The second-order valence-electron chi connectivity index (χ2n) is 2.45. The van der Waals surface area contributed by atoms with Gasteiger partial charge in [-0.2, -0.15) is 0 Å². The smallest absolute Gasteiger partial charge is 0.340 e. The number of aromatic nitrogens is 1. The summed E-state index contributed by atoms with van der Waals surface area (Å²) in [6.07, 6.45) is 2.32. The Morgan fingerprint density at radius 1 is 1.62 bits per heavy atom. The minimum atomic E-state index is -0.423. The predicted octanol–water partition coefficient (Wildman–Crippen LogP) is 1.41. The van der Waals surface area contributed by atoms with Crippen molar-refractivity contribution in [2.24, 2.45) is 0 Å². The largest absolute Gasteiger partial charge is 0.465 e. The summed E-state index contributed by atoms with van der Waals surface area (Å²) in [5.41, 5.74) is 1.40. The zero-order valence-electron chi connectivity index (χ0n) is 6.90. The van der Waals surface area contributed by atoms with Gasteiger partial charge in [-0.3, -0.25) is 0 Å². The highest BCUT2D eigenvalue weighted by atomic mass is 16.5. The molecule has 1 heterocycles. The zero-order chi connectivity index (χ0) is 9.26. The van der Waals surface area contributed by atoms with Crippen molar-refractivity contribution < 1.29 is 13.9 Å². The predicted molar refractivity (Wildman–Crippen MR) is 44.2 cm³/mol. The quantitative estimate of drug-likeness (QED) is 0.616. The lowest BCUT2D eigenvalue weighted by Gasteiger charge is -1.97. The molecule has 0 bridgehead atoms. The highest BCUT2D eigenvalue weighted by Crippen LogP contribution is 2.16. The summed E-state index contributed by atoms with van der Waals surface area (Å²) >= 11 is 0. The van der Waals surface area contributed by atoms with Gasteiger partial charge in [-0.05, 0) is 12.1 Å². The van der Waals surface area contributed by atoms with Crippen LogP contribution in [0.15, 0.2) is 22.6 Å². The maximum atomic E-state index is 11.2. The molecule has 2 rings (SSSR count). The van der Waals surface area contributed by atoms with E-state index >= 15 is 0 Å². The Kier molecular flexibility index (Phi) is 1.73. The number of fused-ring (bicyclic) bond motifs is 1. The molecule has 1 aromatic carbocycles. The lowest BCUT2D eigenvalue weighted by atomic mass is 10.2. The van der Waals surface area contributed by atoms with E-state index in [1.165, 1.54) is 7.11 Å². The number of benzene rings is 1. The van der Waals surface area contributed by atoms with Gasteiger partial charge in [0.1, 0.15) is 5.52 Å². The van der Waals surface area contributed by atoms with E-state index in [0.717, 1.165) is 0 Å². The summed E-state index contributed by atoms with van der Waals surface area (Å²) in [5.74, 6) is -0.423. The second kappa shape index (κ2) is 2.90. The fourth-order valence-corrected chi connectivity index (χ4v) is 1.11. The Bertz CT molecular complexity index is 447. The van der Waals surface area contributed by atoms with Gasteiger partial charge in [-0.25, -0.2) is 9.78 Å². The Morgan fingerprint density at radius 2 is 2.46 bits per heavy atom. The number of para-hydroxylation sites is 1. The molecule has 1 radical (unpaired) electrons. The Hall–Kier alpha value is -1.84. The van der Waals surface area contributed by atoms with Crippen molar-refractivity contribution in [3.63, 3.8) is 0 Å². The number of esters is 1. The first-order chi connectivity index (χ1) is 6.33. The van der Waals surface area contributed by atoms with Crippen LogP contribution in [0, 0.1) is 6.39 Å². The van der Waals surface area contributed by atoms with E-state index in [1.807, 2.05) is 0 Å². The molecule has 0 aliphatic rings. The molecule has 0 spiro atoms. The Morgan fingerprint density at radius 3 is 3.23 bits per heavy atom. The number of nitrogens with zero attached hydrogens (tertiary/aromatic N) is 1. The van der Waals surface area contributed by atoms with Crippen LogP contribution in [-0.2, 0) is 4.74 Å². The fourth-order valence-electron chi connectivity index (χ4n) is 1.11. The van der Waals surface area contributed by atoms with E-state index in [9.17, 15) is 4.79 Å². The molecule has 0 aliphatic carbocycles. The molecule has 0 fully saturated rings. The normalized spacial score (nSPS) is 10.2. The Labute approximate surface area is 74.1 Å². The van der Waals surface area contributed by atoms with E-state index in [0.29, 0.717) is 16.7 Å². The first-order valence-corrected chi connectivity index (χ1v) is 3.67. The monoisotopic (exact) mass is 176 g/mol. The van der Waals surface area contributed by atoms with Crippen LogP contribution in [0.3, 0.4) is 0 Å². The molecular weight excluding hydrogens is 170 g/mol. The lowest BCUT2D eigenvalue weighted by Crippen LogP contribution is -2.01. The van der Waals surface area contributed by atoms with E-state index < -0.39 is 5.97 Å². The molecule has 4 nitrogen and oxygen atoms in total. The summed E-state index contributed by atoms with van der Waals surface area (Å²) in [6.45, 7) is 0. The molecule has 0 N–H and O–H groups in total. The summed E-state index contributed by atoms with van der Waals surface area (Å²) in [4.78, 5) is 15.0. The van der Waals surface area contributed by atoms with Gasteiger partial charge < -0.3 is 9.15 Å². The average molecular weight is 176 g/mol. The van der Waals surface area contributed by atoms with Crippen LogP contribution in [0.5, 0.6) is 0 Å². The van der Waals surface area contributed by atoms with Gasteiger partial charge in [0.25, 0.3) is 6.39 Å². The number of hydrogen-bond acceptors (Lipinski definition) is 4. The van der Waals surface area contributed by atoms with Gasteiger partial charge in [0, 0.05) is 0 Å². The van der Waals surface area contributed by atoms with Crippen molar-refractivity contribution in [3.8, 4) is 0 Å². The van der Waals surface area contributed by atoms with Gasteiger partial charge in [-0.15, -0.1) is 0 Å². The molecule has 2 aromatic rings. The number of carbonyl (C=O) groups is 1. The third-order valence-corrected chi connectivity index (χ3v) is 1.72. The van der Waals surface area contributed by atoms with Gasteiger partial charge in [0.15, 0.2) is 5.58 Å². The molecule has 65 valence electrons. The van der Waals surface area contributed by atoms with Crippen molar-refractivity contribution >= 4 is 17.1 Å². The standard InChI is InChI=1S/C9H6NO3/c1-12-9(11)6-3-2-4-7-8(6)10-5-13-7/h2-4H,1H3. The van der Waals surface area contributed by atoms with Crippen LogP contribution in [-0.4, -0.2) is 18.1 Å². The number of carbonyl (C=O) groups excluding carboxylic acids is 1. The van der Waals surface area contributed by atoms with Crippen molar-refractivity contribution in [1.82, 2.24) is 4.98 Å². The number of rotatable bonds is 1. The summed E-state index contributed by atoms with van der Waals surface area (Å²) in [6, 6.07) is 5.05. The molecule has 0 atom stereocenters. The van der Waals surface area contributed by atoms with Crippen LogP contribution in [0.4, 0.5) is 0 Å². The van der Waals surface area contributed by atoms with Crippen molar-refractivity contribution in [3.05, 3.63) is 30.2 Å². The average Bonchev–Trinajstić information content (AvgIpc) is 2.63. The van der Waals surface area contributed by atoms with E-state index in [4.69, 9.17) is 4.42 Å². The van der Waals surface area contributed by atoms with Crippen molar-refractivity contribution in [2.75, 3.05) is 7.11 Å². The molecule has 1 aromatic heterocycles. The van der Waals surface area contributed by atoms with Gasteiger partial charge >= 0.3 is 5.97 Å².